The third kappa shape index (κ3) is 3.39. The Morgan fingerprint density at radius 3 is 2.57 bits per heavy atom. The van der Waals surface area contributed by atoms with Crippen LogP contribution in [-0.2, 0) is 6.54 Å². The van der Waals surface area contributed by atoms with Crippen LogP contribution in [0.5, 0.6) is 11.5 Å². The lowest BCUT2D eigenvalue weighted by Crippen LogP contribution is -2.01. The van der Waals surface area contributed by atoms with Gasteiger partial charge < -0.3 is 10.1 Å². The number of rotatable bonds is 5. The van der Waals surface area contributed by atoms with Gasteiger partial charge in [0.15, 0.2) is 0 Å². The van der Waals surface area contributed by atoms with E-state index in [0.29, 0.717) is 6.54 Å². The molecule has 0 atom stereocenters. The van der Waals surface area contributed by atoms with Gasteiger partial charge in [-0.25, -0.2) is 4.63 Å². The average Bonchev–Trinajstić information content (AvgIpc) is 2.92. The van der Waals surface area contributed by atoms with Crippen LogP contribution in [0.15, 0.2) is 59.2 Å². The molecule has 3 rings (SSSR count). The molecule has 0 saturated carbocycles. The highest BCUT2D eigenvalue weighted by atomic mass is 16.6. The summed E-state index contributed by atoms with van der Waals surface area (Å²) < 4.78 is 10.5. The SMILES string of the molecule is Cc1nonc1CNc1cccc(Oc2ccccc2)c1. The van der Waals surface area contributed by atoms with Crippen LogP contribution in [0.3, 0.4) is 0 Å². The average molecular weight is 281 g/mol. The van der Waals surface area contributed by atoms with Crippen LogP contribution in [-0.4, -0.2) is 10.3 Å². The third-order valence-corrected chi connectivity index (χ3v) is 3.02. The third-order valence-electron chi connectivity index (χ3n) is 3.02. The van der Waals surface area contributed by atoms with Gasteiger partial charge in [0, 0.05) is 11.8 Å². The van der Waals surface area contributed by atoms with Gasteiger partial charge in [-0.05, 0) is 31.2 Å². The Labute approximate surface area is 122 Å². The molecular formula is C16H15N3O2. The molecule has 1 heterocycles. The molecule has 0 aliphatic carbocycles. The second-order valence-corrected chi connectivity index (χ2v) is 4.59. The molecule has 0 bridgehead atoms. The van der Waals surface area contributed by atoms with E-state index in [0.717, 1.165) is 28.6 Å². The summed E-state index contributed by atoms with van der Waals surface area (Å²) in [6, 6.07) is 17.5. The van der Waals surface area contributed by atoms with Crippen molar-refractivity contribution in [1.82, 2.24) is 10.3 Å². The van der Waals surface area contributed by atoms with Crippen LogP contribution in [0, 0.1) is 6.92 Å². The summed E-state index contributed by atoms with van der Waals surface area (Å²) >= 11 is 0. The van der Waals surface area contributed by atoms with Gasteiger partial charge in [-0.1, -0.05) is 34.6 Å². The molecule has 1 N–H and O–H groups in total. The number of hydrogen-bond acceptors (Lipinski definition) is 5. The van der Waals surface area contributed by atoms with E-state index in [-0.39, 0.29) is 0 Å². The molecule has 0 fully saturated rings. The number of aryl methyl sites for hydroxylation is 1. The van der Waals surface area contributed by atoms with Crippen LogP contribution >= 0.6 is 0 Å². The predicted molar refractivity (Wildman–Crippen MR) is 79.3 cm³/mol. The highest BCUT2D eigenvalue weighted by molar-refractivity contribution is 5.49. The number of benzene rings is 2. The minimum Gasteiger partial charge on any atom is -0.457 e. The fraction of sp³-hybridized carbons (Fsp3) is 0.125. The number of ether oxygens (including phenoxy) is 1. The molecule has 5 heteroatoms. The number of anilines is 1. The van der Waals surface area contributed by atoms with E-state index >= 15 is 0 Å². The second kappa shape index (κ2) is 6.09. The summed E-state index contributed by atoms with van der Waals surface area (Å²) in [7, 11) is 0. The van der Waals surface area contributed by atoms with Gasteiger partial charge in [-0.2, -0.15) is 0 Å². The molecular weight excluding hydrogens is 266 g/mol. The first-order chi connectivity index (χ1) is 10.3. The number of para-hydroxylation sites is 1. The van der Waals surface area contributed by atoms with E-state index in [1.807, 2.05) is 61.5 Å². The molecule has 21 heavy (non-hydrogen) atoms. The maximum absolute atomic E-state index is 5.79. The Balaban J connectivity index is 1.67. The van der Waals surface area contributed by atoms with Crippen LogP contribution in [0.4, 0.5) is 5.69 Å². The van der Waals surface area contributed by atoms with Crippen molar-refractivity contribution in [2.75, 3.05) is 5.32 Å². The Hall–Kier alpha value is -2.82. The van der Waals surface area contributed by atoms with E-state index in [9.17, 15) is 0 Å². The van der Waals surface area contributed by atoms with Crippen LogP contribution in [0.1, 0.15) is 11.4 Å². The Morgan fingerprint density at radius 2 is 1.81 bits per heavy atom. The van der Waals surface area contributed by atoms with Crippen LogP contribution < -0.4 is 10.1 Å². The molecule has 0 spiro atoms. The van der Waals surface area contributed by atoms with Crippen molar-refractivity contribution in [2.24, 2.45) is 0 Å². The van der Waals surface area contributed by atoms with Gasteiger partial charge >= 0.3 is 0 Å². The zero-order valence-corrected chi connectivity index (χ0v) is 11.6. The molecule has 0 amide bonds. The lowest BCUT2D eigenvalue weighted by Gasteiger charge is -2.08. The molecule has 0 aliphatic rings. The van der Waals surface area contributed by atoms with Crippen molar-refractivity contribution in [3.05, 3.63) is 66.0 Å². The molecule has 3 aromatic rings. The maximum atomic E-state index is 5.79. The highest BCUT2D eigenvalue weighted by Gasteiger charge is 2.05. The number of aromatic nitrogens is 2. The number of nitrogens with zero attached hydrogens (tertiary/aromatic N) is 2. The maximum Gasteiger partial charge on any atom is 0.129 e. The quantitative estimate of drug-likeness (QED) is 0.771. The van der Waals surface area contributed by atoms with Crippen molar-refractivity contribution >= 4 is 5.69 Å². The summed E-state index contributed by atoms with van der Waals surface area (Å²) in [5.74, 6) is 1.59. The molecule has 0 saturated heterocycles. The van der Waals surface area contributed by atoms with E-state index in [1.165, 1.54) is 0 Å². The van der Waals surface area contributed by atoms with Gasteiger partial charge in [0.05, 0.1) is 6.54 Å². The Bertz CT molecular complexity index is 710. The fourth-order valence-corrected chi connectivity index (χ4v) is 1.89. The summed E-state index contributed by atoms with van der Waals surface area (Å²) in [6.07, 6.45) is 0. The van der Waals surface area contributed by atoms with Gasteiger partial charge in [0.1, 0.15) is 22.9 Å². The predicted octanol–water partition coefficient (Wildman–Crippen LogP) is 3.78. The molecule has 0 aliphatic heterocycles. The van der Waals surface area contributed by atoms with Crippen molar-refractivity contribution in [3.63, 3.8) is 0 Å². The van der Waals surface area contributed by atoms with Crippen LogP contribution in [0.25, 0.3) is 0 Å². The van der Waals surface area contributed by atoms with Gasteiger partial charge in [0.25, 0.3) is 0 Å². The molecule has 5 nitrogen and oxygen atoms in total. The van der Waals surface area contributed by atoms with Crippen molar-refractivity contribution < 1.29 is 9.37 Å². The Morgan fingerprint density at radius 1 is 1.00 bits per heavy atom. The highest BCUT2D eigenvalue weighted by Crippen LogP contribution is 2.24. The smallest absolute Gasteiger partial charge is 0.129 e. The normalized spacial score (nSPS) is 10.3. The summed E-state index contributed by atoms with van der Waals surface area (Å²) in [6.45, 7) is 2.42. The van der Waals surface area contributed by atoms with Crippen molar-refractivity contribution in [3.8, 4) is 11.5 Å². The van der Waals surface area contributed by atoms with Crippen molar-refractivity contribution in [1.29, 1.82) is 0 Å². The summed E-state index contributed by atoms with van der Waals surface area (Å²) in [4.78, 5) is 0. The van der Waals surface area contributed by atoms with E-state index in [1.54, 1.807) is 0 Å². The molecule has 2 aromatic carbocycles. The molecule has 0 unspecified atom stereocenters. The second-order valence-electron chi connectivity index (χ2n) is 4.59. The minimum absolute atomic E-state index is 0.560. The van der Waals surface area contributed by atoms with Gasteiger partial charge in [-0.15, -0.1) is 0 Å². The Kier molecular flexibility index (Phi) is 3.82. The van der Waals surface area contributed by atoms with Crippen molar-refractivity contribution in [2.45, 2.75) is 13.5 Å². The largest absolute Gasteiger partial charge is 0.457 e. The molecule has 106 valence electrons. The first kappa shape index (κ1) is 13.2. The first-order valence-corrected chi connectivity index (χ1v) is 6.66. The minimum atomic E-state index is 0.560. The number of hydrogen-bond donors (Lipinski definition) is 1. The van der Waals surface area contributed by atoms with Gasteiger partial charge in [-0.3, -0.25) is 0 Å². The zero-order chi connectivity index (χ0) is 14.5. The lowest BCUT2D eigenvalue weighted by atomic mass is 10.2. The molecule has 1 aromatic heterocycles. The fourth-order valence-electron chi connectivity index (χ4n) is 1.89. The van der Waals surface area contributed by atoms with Gasteiger partial charge in [0.2, 0.25) is 0 Å². The topological polar surface area (TPSA) is 60.2 Å². The summed E-state index contributed by atoms with van der Waals surface area (Å²) in [5, 5.41) is 10.9. The molecule has 0 radical (unpaired) electrons. The first-order valence-electron chi connectivity index (χ1n) is 6.66. The van der Waals surface area contributed by atoms with Crippen LogP contribution in [0.2, 0.25) is 0 Å². The lowest BCUT2D eigenvalue weighted by molar-refractivity contribution is 0.301. The standard InChI is InChI=1S/C16H15N3O2/c1-12-16(19-21-18-12)11-17-13-6-5-9-15(10-13)20-14-7-3-2-4-8-14/h2-10,17H,11H2,1H3. The van der Waals surface area contributed by atoms with E-state index in [2.05, 4.69) is 20.3 Å². The summed E-state index contributed by atoms with van der Waals surface area (Å²) in [5.41, 5.74) is 2.54. The van der Waals surface area contributed by atoms with E-state index < -0.39 is 0 Å². The zero-order valence-electron chi connectivity index (χ0n) is 11.6. The number of nitrogens with one attached hydrogen (secondary N) is 1. The monoisotopic (exact) mass is 281 g/mol. The van der Waals surface area contributed by atoms with E-state index in [4.69, 9.17) is 4.74 Å².